The van der Waals surface area contributed by atoms with Gasteiger partial charge < -0.3 is 0 Å². The smallest absolute Gasteiger partial charge is 0.207 e. The zero-order valence-corrected chi connectivity index (χ0v) is 14.5. The van der Waals surface area contributed by atoms with E-state index >= 15 is 0 Å². The molecule has 0 bridgehead atoms. The van der Waals surface area contributed by atoms with Crippen molar-refractivity contribution in [3.05, 3.63) is 63.6 Å². The molecule has 0 aliphatic carbocycles. The molecule has 6 heteroatoms. The van der Waals surface area contributed by atoms with Crippen molar-refractivity contribution in [2.75, 3.05) is 0 Å². The van der Waals surface area contributed by atoms with Gasteiger partial charge in [0.15, 0.2) is 0 Å². The first-order valence-corrected chi connectivity index (χ1v) is 9.11. The second kappa shape index (κ2) is 6.92. The molecule has 21 heavy (non-hydrogen) atoms. The minimum Gasteiger partial charge on any atom is -0.207 e. The minimum absolute atomic E-state index is 0.242. The van der Waals surface area contributed by atoms with Gasteiger partial charge in [-0.25, -0.2) is 13.1 Å². The summed E-state index contributed by atoms with van der Waals surface area (Å²) in [7, 11) is -3.56. The third-order valence-corrected chi connectivity index (χ3v) is 5.33. The highest BCUT2D eigenvalue weighted by molar-refractivity contribution is 9.10. The molecular formula is C15H15BrClNO2S. The third kappa shape index (κ3) is 4.30. The van der Waals surface area contributed by atoms with Crippen molar-refractivity contribution >= 4 is 37.6 Å². The van der Waals surface area contributed by atoms with Crippen molar-refractivity contribution in [3.8, 4) is 0 Å². The van der Waals surface area contributed by atoms with E-state index in [9.17, 15) is 8.42 Å². The Labute approximate surface area is 138 Å². The Balaban J connectivity index is 2.27. The van der Waals surface area contributed by atoms with Crippen molar-refractivity contribution in [2.45, 2.75) is 24.3 Å². The molecule has 2 aromatic rings. The number of benzene rings is 2. The normalized spacial score (nSPS) is 13.1. The summed E-state index contributed by atoms with van der Waals surface area (Å²) in [6, 6.07) is 13.5. The lowest BCUT2D eigenvalue weighted by atomic mass is 10.1. The first-order chi connectivity index (χ1) is 9.92. The molecule has 0 aliphatic rings. The van der Waals surface area contributed by atoms with E-state index in [4.69, 9.17) is 11.6 Å². The van der Waals surface area contributed by atoms with Crippen LogP contribution in [0, 0.1) is 0 Å². The van der Waals surface area contributed by atoms with Crippen LogP contribution < -0.4 is 4.72 Å². The molecule has 1 atom stereocenters. The van der Waals surface area contributed by atoms with Gasteiger partial charge in [-0.15, -0.1) is 0 Å². The first kappa shape index (κ1) is 16.5. The molecule has 2 aromatic carbocycles. The Morgan fingerprint density at radius 2 is 1.86 bits per heavy atom. The van der Waals surface area contributed by atoms with Crippen LogP contribution in [-0.2, 0) is 10.0 Å². The average Bonchev–Trinajstić information content (AvgIpc) is 2.45. The van der Waals surface area contributed by atoms with Crippen molar-refractivity contribution in [3.63, 3.8) is 0 Å². The summed E-state index contributed by atoms with van der Waals surface area (Å²) in [4.78, 5) is 0.242. The number of hydrogen-bond donors (Lipinski definition) is 1. The van der Waals surface area contributed by atoms with Crippen LogP contribution in [0.3, 0.4) is 0 Å². The lowest BCUT2D eigenvalue weighted by Gasteiger charge is -2.18. The van der Waals surface area contributed by atoms with E-state index in [0.29, 0.717) is 11.4 Å². The maximum Gasteiger partial charge on any atom is 0.241 e. The van der Waals surface area contributed by atoms with Crippen molar-refractivity contribution in [1.82, 2.24) is 4.72 Å². The molecule has 0 saturated carbocycles. The number of rotatable bonds is 5. The van der Waals surface area contributed by atoms with Crippen LogP contribution >= 0.6 is 27.5 Å². The monoisotopic (exact) mass is 387 g/mol. The Morgan fingerprint density at radius 3 is 2.43 bits per heavy atom. The molecule has 0 radical (unpaired) electrons. The van der Waals surface area contributed by atoms with E-state index in [-0.39, 0.29) is 10.9 Å². The fourth-order valence-corrected chi connectivity index (χ4v) is 3.75. The van der Waals surface area contributed by atoms with Gasteiger partial charge in [0.1, 0.15) is 0 Å². The van der Waals surface area contributed by atoms with Gasteiger partial charge in [-0.3, -0.25) is 0 Å². The van der Waals surface area contributed by atoms with Crippen LogP contribution in [0.25, 0.3) is 0 Å². The predicted molar refractivity (Wildman–Crippen MR) is 88.9 cm³/mol. The number of halogens is 2. The number of hydrogen-bond acceptors (Lipinski definition) is 2. The second-order valence-electron chi connectivity index (χ2n) is 4.59. The van der Waals surface area contributed by atoms with Gasteiger partial charge >= 0.3 is 0 Å². The average molecular weight is 389 g/mol. The Kier molecular flexibility index (Phi) is 5.43. The van der Waals surface area contributed by atoms with E-state index in [0.717, 1.165) is 10.0 Å². The summed E-state index contributed by atoms with van der Waals surface area (Å²) in [6.45, 7) is 1.93. The number of sulfonamides is 1. The van der Waals surface area contributed by atoms with Crippen LogP contribution in [-0.4, -0.2) is 8.42 Å². The lowest BCUT2D eigenvalue weighted by Crippen LogP contribution is -2.28. The quantitative estimate of drug-likeness (QED) is 0.818. The molecule has 112 valence electrons. The third-order valence-electron chi connectivity index (χ3n) is 3.08. The first-order valence-electron chi connectivity index (χ1n) is 6.45. The fraction of sp³-hybridized carbons (Fsp3) is 0.200. The predicted octanol–water partition coefficient (Wildman–Crippen LogP) is 4.53. The molecule has 0 spiro atoms. The molecule has 1 N–H and O–H groups in total. The molecule has 2 rings (SSSR count). The van der Waals surface area contributed by atoms with Crippen molar-refractivity contribution in [2.24, 2.45) is 0 Å². The zero-order chi connectivity index (χ0) is 15.5. The highest BCUT2D eigenvalue weighted by Gasteiger charge is 2.20. The number of nitrogens with one attached hydrogen (secondary N) is 1. The van der Waals surface area contributed by atoms with Gasteiger partial charge in [0, 0.05) is 15.5 Å². The summed E-state index contributed by atoms with van der Waals surface area (Å²) in [5, 5.41) is 0.591. The van der Waals surface area contributed by atoms with Gasteiger partial charge in [-0.05, 0) is 48.4 Å². The highest BCUT2D eigenvalue weighted by atomic mass is 79.9. The fourth-order valence-electron chi connectivity index (χ4n) is 1.98. The molecule has 0 heterocycles. The minimum atomic E-state index is -3.56. The summed E-state index contributed by atoms with van der Waals surface area (Å²) >= 11 is 9.26. The van der Waals surface area contributed by atoms with Gasteiger partial charge in [0.05, 0.1) is 4.90 Å². The van der Waals surface area contributed by atoms with Gasteiger partial charge in [0.25, 0.3) is 0 Å². The maximum atomic E-state index is 12.4. The van der Waals surface area contributed by atoms with Gasteiger partial charge in [-0.2, -0.15) is 0 Å². The summed E-state index contributed by atoms with van der Waals surface area (Å²) in [5.74, 6) is 0. The van der Waals surface area contributed by atoms with Gasteiger partial charge in [-0.1, -0.05) is 46.6 Å². The summed E-state index contributed by atoms with van der Waals surface area (Å²) in [5.41, 5.74) is 0.852. The molecule has 0 aromatic heterocycles. The second-order valence-corrected chi connectivity index (χ2v) is 7.66. The molecule has 0 saturated heterocycles. The molecule has 0 amide bonds. The molecule has 3 nitrogen and oxygen atoms in total. The summed E-state index contributed by atoms with van der Waals surface area (Å²) in [6.07, 6.45) is 0.635. The van der Waals surface area contributed by atoms with Crippen LogP contribution in [0.5, 0.6) is 0 Å². The Bertz CT molecular complexity index is 717. The highest BCUT2D eigenvalue weighted by Crippen LogP contribution is 2.23. The lowest BCUT2D eigenvalue weighted by molar-refractivity contribution is 0.550. The van der Waals surface area contributed by atoms with Crippen LogP contribution in [0.4, 0.5) is 0 Å². The SMILES string of the molecule is CCC(NS(=O)(=O)c1ccc(Br)cc1)c1cccc(Cl)c1. The Hall–Kier alpha value is -0.880. The van der Waals surface area contributed by atoms with E-state index < -0.39 is 10.0 Å². The van der Waals surface area contributed by atoms with Crippen LogP contribution in [0.2, 0.25) is 5.02 Å². The topological polar surface area (TPSA) is 46.2 Å². The molecule has 1 unspecified atom stereocenters. The van der Waals surface area contributed by atoms with E-state index in [1.165, 1.54) is 0 Å². The molecule has 0 fully saturated rings. The molecule has 0 aliphatic heterocycles. The van der Waals surface area contributed by atoms with Gasteiger partial charge in [0.2, 0.25) is 10.0 Å². The van der Waals surface area contributed by atoms with E-state index in [2.05, 4.69) is 20.7 Å². The molecular weight excluding hydrogens is 374 g/mol. The van der Waals surface area contributed by atoms with Crippen molar-refractivity contribution in [1.29, 1.82) is 0 Å². The van der Waals surface area contributed by atoms with E-state index in [1.54, 1.807) is 36.4 Å². The van der Waals surface area contributed by atoms with Crippen molar-refractivity contribution < 1.29 is 8.42 Å². The van der Waals surface area contributed by atoms with E-state index in [1.807, 2.05) is 19.1 Å². The maximum absolute atomic E-state index is 12.4. The van der Waals surface area contributed by atoms with Crippen LogP contribution in [0.1, 0.15) is 24.9 Å². The zero-order valence-electron chi connectivity index (χ0n) is 11.4. The Morgan fingerprint density at radius 1 is 1.19 bits per heavy atom. The van der Waals surface area contributed by atoms with Crippen LogP contribution in [0.15, 0.2) is 57.9 Å². The summed E-state index contributed by atoms with van der Waals surface area (Å²) < 4.78 is 28.4. The standard InChI is InChI=1S/C15H15BrClNO2S/c1-2-15(11-4-3-5-13(17)10-11)18-21(19,20)14-8-6-12(16)7-9-14/h3-10,15,18H,2H2,1H3. The largest absolute Gasteiger partial charge is 0.241 e.